The molecule has 16 heavy (non-hydrogen) atoms. The maximum Gasteiger partial charge on any atom is 0.154 e. The van der Waals surface area contributed by atoms with Crippen molar-refractivity contribution in [3.63, 3.8) is 0 Å². The summed E-state index contributed by atoms with van der Waals surface area (Å²) < 4.78 is 0.888. The number of nitrogens with one attached hydrogen (secondary N) is 1. The van der Waals surface area contributed by atoms with Crippen LogP contribution >= 0.6 is 27.5 Å². The number of halogens is 2. The monoisotopic (exact) mass is 304 g/mol. The molecule has 0 atom stereocenters. The maximum atomic E-state index is 5.84. The van der Waals surface area contributed by atoms with Gasteiger partial charge in [-0.05, 0) is 29.0 Å². The molecule has 1 aliphatic heterocycles. The summed E-state index contributed by atoms with van der Waals surface area (Å²) in [5, 5.41) is 2.80. The molecule has 0 radical (unpaired) electrons. The van der Waals surface area contributed by atoms with Gasteiger partial charge in [0.05, 0.1) is 9.50 Å². The first-order chi connectivity index (χ1) is 7.65. The van der Waals surface area contributed by atoms with Gasteiger partial charge in [-0.15, -0.1) is 0 Å². The molecule has 1 aromatic rings. The molecule has 0 aliphatic carbocycles. The number of aromatic nitrogens is 1. The Morgan fingerprint density at radius 2 is 2.06 bits per heavy atom. The fourth-order valence-corrected chi connectivity index (χ4v) is 2.29. The molecular formula is C10H14BrClN4. The fourth-order valence-electron chi connectivity index (χ4n) is 1.56. The Hall–Kier alpha value is -0.360. The smallest absolute Gasteiger partial charge is 0.154 e. The molecule has 6 heteroatoms. The van der Waals surface area contributed by atoms with Crippen molar-refractivity contribution in [1.29, 1.82) is 0 Å². The predicted octanol–water partition coefficient (Wildman–Crippen LogP) is 2.07. The molecule has 0 amide bonds. The molecule has 4 nitrogen and oxygen atoms in total. The molecule has 1 fully saturated rings. The molecule has 0 aromatic carbocycles. The van der Waals surface area contributed by atoms with Crippen LogP contribution in [0.2, 0.25) is 5.02 Å². The van der Waals surface area contributed by atoms with Gasteiger partial charge in [0.2, 0.25) is 0 Å². The second-order valence-corrected chi connectivity index (χ2v) is 5.18. The highest BCUT2D eigenvalue weighted by atomic mass is 79.9. The van der Waals surface area contributed by atoms with Crippen LogP contribution in [-0.4, -0.2) is 48.1 Å². The highest BCUT2D eigenvalue weighted by Gasteiger charge is 2.14. The zero-order valence-corrected chi connectivity index (χ0v) is 11.4. The number of hydrogen-bond acceptors (Lipinski definition) is 4. The van der Waals surface area contributed by atoms with E-state index in [-0.39, 0.29) is 0 Å². The average molecular weight is 306 g/mol. The number of nitrogens with zero attached hydrogens (tertiary/aromatic N) is 3. The summed E-state index contributed by atoms with van der Waals surface area (Å²) in [6.45, 7) is 4.12. The second-order valence-electron chi connectivity index (χ2n) is 3.89. The second kappa shape index (κ2) is 5.31. The minimum atomic E-state index is 0.635. The third-order valence-electron chi connectivity index (χ3n) is 2.58. The van der Waals surface area contributed by atoms with Gasteiger partial charge in [-0.2, -0.15) is 0 Å². The maximum absolute atomic E-state index is 5.84. The van der Waals surface area contributed by atoms with Gasteiger partial charge in [0, 0.05) is 32.4 Å². The highest BCUT2D eigenvalue weighted by Crippen LogP contribution is 2.23. The first-order valence-corrected chi connectivity index (χ1v) is 6.33. The van der Waals surface area contributed by atoms with Crippen molar-refractivity contribution in [3.05, 3.63) is 21.8 Å². The SMILES string of the molecule is CN1CCN(Nc2ncc(Cl)cc2Br)CC1. The Morgan fingerprint density at radius 3 is 2.69 bits per heavy atom. The van der Waals surface area contributed by atoms with Crippen LogP contribution in [0.5, 0.6) is 0 Å². The summed E-state index contributed by atoms with van der Waals surface area (Å²) in [6, 6.07) is 1.84. The van der Waals surface area contributed by atoms with Gasteiger partial charge < -0.3 is 10.3 Å². The van der Waals surface area contributed by atoms with E-state index in [9.17, 15) is 0 Å². The fraction of sp³-hybridized carbons (Fsp3) is 0.500. The molecule has 0 bridgehead atoms. The summed E-state index contributed by atoms with van der Waals surface area (Å²) >= 11 is 9.28. The van der Waals surface area contributed by atoms with E-state index in [1.165, 1.54) is 0 Å². The summed E-state index contributed by atoms with van der Waals surface area (Å²) in [6.07, 6.45) is 1.64. The lowest BCUT2D eigenvalue weighted by Crippen LogP contribution is -2.47. The van der Waals surface area contributed by atoms with Gasteiger partial charge in [0.1, 0.15) is 0 Å². The largest absolute Gasteiger partial charge is 0.304 e. The van der Waals surface area contributed by atoms with Gasteiger partial charge >= 0.3 is 0 Å². The summed E-state index contributed by atoms with van der Waals surface area (Å²) in [5.41, 5.74) is 3.29. The molecule has 2 rings (SSSR count). The highest BCUT2D eigenvalue weighted by molar-refractivity contribution is 9.10. The summed E-state index contributed by atoms with van der Waals surface area (Å²) in [7, 11) is 2.13. The van der Waals surface area contributed by atoms with Gasteiger partial charge in [-0.1, -0.05) is 11.6 Å². The zero-order valence-electron chi connectivity index (χ0n) is 9.08. The van der Waals surface area contributed by atoms with Crippen LogP contribution in [0, 0.1) is 0 Å². The average Bonchev–Trinajstić information content (AvgIpc) is 2.25. The number of hydrogen-bond donors (Lipinski definition) is 1. The molecule has 2 heterocycles. The molecule has 1 N–H and O–H groups in total. The van der Waals surface area contributed by atoms with Crippen LogP contribution in [0.1, 0.15) is 0 Å². The van der Waals surface area contributed by atoms with Crippen molar-refractivity contribution in [2.45, 2.75) is 0 Å². The van der Waals surface area contributed by atoms with Crippen LogP contribution in [0.3, 0.4) is 0 Å². The van der Waals surface area contributed by atoms with Crippen molar-refractivity contribution in [2.24, 2.45) is 0 Å². The van der Waals surface area contributed by atoms with Crippen molar-refractivity contribution in [2.75, 3.05) is 38.7 Å². The van der Waals surface area contributed by atoms with Gasteiger partial charge in [-0.25, -0.2) is 9.99 Å². The number of likely N-dealkylation sites (N-methyl/N-ethyl adjacent to an activating group) is 1. The molecule has 0 spiro atoms. The topological polar surface area (TPSA) is 31.4 Å². The Labute approximate surface area is 109 Å². The lowest BCUT2D eigenvalue weighted by molar-refractivity contribution is 0.178. The molecule has 1 saturated heterocycles. The number of anilines is 1. The van der Waals surface area contributed by atoms with Gasteiger partial charge in [0.25, 0.3) is 0 Å². The Morgan fingerprint density at radius 1 is 1.38 bits per heavy atom. The zero-order chi connectivity index (χ0) is 11.5. The third kappa shape index (κ3) is 3.07. The summed E-state index contributed by atoms with van der Waals surface area (Å²) in [5.74, 6) is 0.814. The van der Waals surface area contributed by atoms with Crippen molar-refractivity contribution in [3.8, 4) is 0 Å². The predicted molar refractivity (Wildman–Crippen MR) is 69.6 cm³/mol. The van der Waals surface area contributed by atoms with E-state index < -0.39 is 0 Å². The molecule has 1 aliphatic rings. The molecular weight excluding hydrogens is 291 g/mol. The van der Waals surface area contributed by atoms with Crippen LogP contribution in [0.25, 0.3) is 0 Å². The van der Waals surface area contributed by atoms with Crippen molar-refractivity contribution in [1.82, 2.24) is 14.9 Å². The first-order valence-electron chi connectivity index (χ1n) is 5.16. The number of piperazine rings is 1. The molecule has 88 valence electrons. The first kappa shape index (κ1) is 12.1. The quantitative estimate of drug-likeness (QED) is 0.906. The number of hydrazine groups is 1. The molecule has 0 saturated carbocycles. The van der Waals surface area contributed by atoms with Gasteiger partial charge in [0.15, 0.2) is 5.82 Å². The Bertz CT molecular complexity index is 366. The van der Waals surface area contributed by atoms with Crippen LogP contribution in [0.4, 0.5) is 5.82 Å². The van der Waals surface area contributed by atoms with E-state index in [1.807, 2.05) is 6.07 Å². The molecule has 1 aromatic heterocycles. The third-order valence-corrected chi connectivity index (χ3v) is 3.39. The van der Waals surface area contributed by atoms with E-state index in [2.05, 4.69) is 43.3 Å². The van der Waals surface area contributed by atoms with Crippen molar-refractivity contribution >= 4 is 33.3 Å². The van der Waals surface area contributed by atoms with Crippen molar-refractivity contribution < 1.29 is 0 Å². The summed E-state index contributed by atoms with van der Waals surface area (Å²) in [4.78, 5) is 6.55. The lowest BCUT2D eigenvalue weighted by Gasteiger charge is -2.32. The van der Waals surface area contributed by atoms with E-state index in [1.54, 1.807) is 6.20 Å². The lowest BCUT2D eigenvalue weighted by atomic mass is 10.4. The molecule has 0 unspecified atom stereocenters. The van der Waals surface area contributed by atoms with Crippen LogP contribution in [-0.2, 0) is 0 Å². The Kier molecular flexibility index (Phi) is 4.02. The standard InChI is InChI=1S/C10H14BrClN4/c1-15-2-4-16(5-3-15)14-10-9(11)6-8(12)7-13-10/h6-7H,2-5H2,1H3,(H,13,14). The Balaban J connectivity index is 1.98. The van der Waals surface area contributed by atoms with E-state index in [4.69, 9.17) is 11.6 Å². The van der Waals surface area contributed by atoms with Gasteiger partial charge in [-0.3, -0.25) is 0 Å². The van der Waals surface area contributed by atoms with E-state index in [0.29, 0.717) is 5.02 Å². The number of pyridine rings is 1. The number of rotatable bonds is 2. The van der Waals surface area contributed by atoms with E-state index >= 15 is 0 Å². The van der Waals surface area contributed by atoms with E-state index in [0.717, 1.165) is 36.5 Å². The van der Waals surface area contributed by atoms with Crippen LogP contribution < -0.4 is 5.43 Å². The minimum absolute atomic E-state index is 0.635. The van der Waals surface area contributed by atoms with Crippen LogP contribution in [0.15, 0.2) is 16.7 Å². The normalized spacial score (nSPS) is 18.7. The minimum Gasteiger partial charge on any atom is -0.304 e.